The summed E-state index contributed by atoms with van der Waals surface area (Å²) < 4.78 is 2.76. The fraction of sp³-hybridized carbons (Fsp3) is 0. The number of fused-ring (bicyclic) bond motifs is 1. The van der Waals surface area contributed by atoms with Crippen LogP contribution in [0.5, 0.6) is 0 Å². The van der Waals surface area contributed by atoms with Crippen LogP contribution in [0.25, 0.3) is 16.7 Å². The van der Waals surface area contributed by atoms with E-state index in [1.54, 1.807) is 22.2 Å². The van der Waals surface area contributed by atoms with Gasteiger partial charge in [0, 0.05) is 0 Å². The van der Waals surface area contributed by atoms with Crippen LogP contribution in [0.3, 0.4) is 0 Å². The van der Waals surface area contributed by atoms with Gasteiger partial charge in [0.2, 0.25) is 0 Å². The van der Waals surface area contributed by atoms with Crippen molar-refractivity contribution >= 4 is 34.1 Å². The van der Waals surface area contributed by atoms with Crippen molar-refractivity contribution in [3.8, 4) is 5.69 Å². The zero-order chi connectivity index (χ0) is 14.9. The molecule has 0 amide bonds. The fourth-order valence-corrected chi connectivity index (χ4v) is 3.78. The van der Waals surface area contributed by atoms with E-state index in [-0.39, 0.29) is 5.56 Å². The van der Waals surface area contributed by atoms with E-state index in [2.05, 4.69) is 15.1 Å². The minimum Gasteiger partial charge on any atom is -0.300 e. The number of para-hydroxylation sites is 1. The third-order valence-electron chi connectivity index (χ3n) is 3.11. The number of aromatic amines is 1. The van der Waals surface area contributed by atoms with E-state index in [9.17, 15) is 4.79 Å². The average molecular weight is 326 g/mol. The molecule has 4 rings (SSSR count). The number of hydrogen-bond acceptors (Lipinski definition) is 5. The van der Waals surface area contributed by atoms with Crippen LogP contribution in [0.4, 0.5) is 0 Å². The highest BCUT2D eigenvalue weighted by Crippen LogP contribution is 2.28. The van der Waals surface area contributed by atoms with Gasteiger partial charge in [0.1, 0.15) is 5.39 Å². The molecule has 1 N–H and O–H groups in total. The van der Waals surface area contributed by atoms with Crippen molar-refractivity contribution in [2.45, 2.75) is 9.37 Å². The Morgan fingerprint density at radius 1 is 1.14 bits per heavy atom. The zero-order valence-electron chi connectivity index (χ0n) is 11.3. The van der Waals surface area contributed by atoms with Gasteiger partial charge in [-0.25, -0.2) is 9.67 Å². The molecule has 0 spiro atoms. The molecule has 7 heteroatoms. The molecular weight excluding hydrogens is 316 g/mol. The van der Waals surface area contributed by atoms with Crippen LogP contribution in [0.2, 0.25) is 0 Å². The zero-order valence-corrected chi connectivity index (χ0v) is 12.9. The molecule has 108 valence electrons. The van der Waals surface area contributed by atoms with Gasteiger partial charge >= 0.3 is 0 Å². The normalized spacial score (nSPS) is 11.1. The molecule has 3 aromatic heterocycles. The Kier molecular flexibility index (Phi) is 3.28. The van der Waals surface area contributed by atoms with E-state index in [0.29, 0.717) is 16.2 Å². The topological polar surface area (TPSA) is 63.6 Å². The molecule has 3 heterocycles. The van der Waals surface area contributed by atoms with Gasteiger partial charge in [-0.05, 0) is 35.3 Å². The molecular formula is C15H10N4OS2. The monoisotopic (exact) mass is 326 g/mol. The smallest absolute Gasteiger partial charge is 0.262 e. The minimum atomic E-state index is -0.175. The Morgan fingerprint density at radius 2 is 2.00 bits per heavy atom. The summed E-state index contributed by atoms with van der Waals surface area (Å²) in [6.07, 6.45) is 1.55. The van der Waals surface area contributed by atoms with Crippen LogP contribution in [0.1, 0.15) is 0 Å². The summed E-state index contributed by atoms with van der Waals surface area (Å²) in [5.74, 6) is 0. The molecule has 0 aliphatic heterocycles. The Balaban J connectivity index is 1.87. The molecule has 0 radical (unpaired) electrons. The van der Waals surface area contributed by atoms with Crippen LogP contribution in [-0.4, -0.2) is 19.7 Å². The van der Waals surface area contributed by atoms with Gasteiger partial charge in [-0.1, -0.05) is 24.3 Å². The van der Waals surface area contributed by atoms with Crippen LogP contribution in [0.15, 0.2) is 68.2 Å². The number of rotatable bonds is 3. The lowest BCUT2D eigenvalue weighted by Crippen LogP contribution is -2.09. The molecule has 0 saturated carbocycles. The number of aromatic nitrogens is 4. The molecule has 0 atom stereocenters. The number of benzene rings is 1. The highest BCUT2D eigenvalue weighted by atomic mass is 32.2. The molecule has 0 bridgehead atoms. The predicted octanol–water partition coefficient (Wildman–Crippen LogP) is 3.32. The van der Waals surface area contributed by atoms with Crippen molar-refractivity contribution in [2.75, 3.05) is 0 Å². The molecule has 4 aromatic rings. The lowest BCUT2D eigenvalue weighted by Gasteiger charge is -2.03. The van der Waals surface area contributed by atoms with Crippen LogP contribution in [0, 0.1) is 0 Å². The molecule has 0 saturated heterocycles. The Hall–Kier alpha value is -2.38. The molecule has 5 nitrogen and oxygen atoms in total. The van der Waals surface area contributed by atoms with Gasteiger partial charge in [-0.3, -0.25) is 4.79 Å². The molecule has 0 fully saturated rings. The lowest BCUT2D eigenvalue weighted by molar-refractivity contribution is 0.873. The number of nitrogens with one attached hydrogen (secondary N) is 1. The highest BCUT2D eigenvalue weighted by molar-refractivity contribution is 8.01. The maximum Gasteiger partial charge on any atom is 0.262 e. The Bertz CT molecular complexity index is 974. The summed E-state index contributed by atoms with van der Waals surface area (Å²) in [5.41, 5.74) is 1.27. The first-order valence-corrected chi connectivity index (χ1v) is 8.26. The minimum absolute atomic E-state index is 0.175. The largest absolute Gasteiger partial charge is 0.300 e. The second-order valence-corrected chi connectivity index (χ2v) is 6.77. The van der Waals surface area contributed by atoms with Crippen molar-refractivity contribution in [2.24, 2.45) is 0 Å². The first kappa shape index (κ1) is 13.3. The van der Waals surface area contributed by atoms with Gasteiger partial charge in [0.05, 0.1) is 16.1 Å². The highest BCUT2D eigenvalue weighted by Gasteiger charge is 2.12. The van der Waals surface area contributed by atoms with E-state index < -0.39 is 0 Å². The lowest BCUT2D eigenvalue weighted by atomic mass is 10.3. The number of nitrogens with zero attached hydrogens (tertiary/aromatic N) is 3. The van der Waals surface area contributed by atoms with Gasteiger partial charge in [0.25, 0.3) is 5.56 Å². The summed E-state index contributed by atoms with van der Waals surface area (Å²) in [6.45, 7) is 0. The Labute approximate surface area is 133 Å². The van der Waals surface area contributed by atoms with Gasteiger partial charge in [-0.15, -0.1) is 11.3 Å². The SMILES string of the molecule is O=c1[nH]c(Sc2cccs2)nc2c1cnn2-c1ccccc1. The van der Waals surface area contributed by atoms with Crippen molar-refractivity contribution < 1.29 is 0 Å². The number of thiophene rings is 1. The molecule has 0 aliphatic rings. The predicted molar refractivity (Wildman–Crippen MR) is 87.9 cm³/mol. The van der Waals surface area contributed by atoms with Crippen LogP contribution in [-0.2, 0) is 0 Å². The first-order chi connectivity index (χ1) is 10.8. The maximum absolute atomic E-state index is 12.2. The fourth-order valence-electron chi connectivity index (χ4n) is 2.12. The summed E-state index contributed by atoms with van der Waals surface area (Å²) >= 11 is 3.05. The maximum atomic E-state index is 12.2. The number of hydrogen-bond donors (Lipinski definition) is 1. The van der Waals surface area contributed by atoms with E-state index in [0.717, 1.165) is 9.90 Å². The van der Waals surface area contributed by atoms with Gasteiger partial charge in [-0.2, -0.15) is 5.10 Å². The van der Waals surface area contributed by atoms with Crippen LogP contribution >= 0.6 is 23.1 Å². The molecule has 1 aromatic carbocycles. The standard InChI is InChI=1S/C15H10N4OS2/c20-14-11-9-16-19(10-5-2-1-3-6-10)13(11)17-15(18-14)22-12-7-4-8-21-12/h1-9H,(H,17,18,20). The first-order valence-electron chi connectivity index (χ1n) is 6.56. The molecule has 22 heavy (non-hydrogen) atoms. The average Bonchev–Trinajstić information content (AvgIpc) is 3.18. The van der Waals surface area contributed by atoms with E-state index >= 15 is 0 Å². The summed E-state index contributed by atoms with van der Waals surface area (Å²) in [4.78, 5) is 19.6. The van der Waals surface area contributed by atoms with Gasteiger partial charge < -0.3 is 4.98 Å². The van der Waals surface area contributed by atoms with Crippen molar-refractivity contribution in [1.82, 2.24) is 19.7 Å². The summed E-state index contributed by atoms with van der Waals surface area (Å²) in [7, 11) is 0. The van der Waals surface area contributed by atoms with E-state index in [4.69, 9.17) is 0 Å². The quantitative estimate of drug-likeness (QED) is 0.587. The summed E-state index contributed by atoms with van der Waals surface area (Å²) in [5, 5.41) is 7.34. The molecule has 0 aliphatic carbocycles. The third kappa shape index (κ3) is 2.34. The van der Waals surface area contributed by atoms with Gasteiger partial charge in [0.15, 0.2) is 10.8 Å². The van der Waals surface area contributed by atoms with E-state index in [1.165, 1.54) is 11.8 Å². The third-order valence-corrected chi connectivity index (χ3v) is 5.03. The van der Waals surface area contributed by atoms with Crippen molar-refractivity contribution in [3.05, 3.63) is 64.4 Å². The molecule has 0 unspecified atom stereocenters. The second kappa shape index (κ2) is 5.43. The van der Waals surface area contributed by atoms with Crippen molar-refractivity contribution in [3.63, 3.8) is 0 Å². The summed E-state index contributed by atoms with van der Waals surface area (Å²) in [6, 6.07) is 13.6. The van der Waals surface area contributed by atoms with Crippen molar-refractivity contribution in [1.29, 1.82) is 0 Å². The number of H-pyrrole nitrogens is 1. The van der Waals surface area contributed by atoms with Crippen LogP contribution < -0.4 is 5.56 Å². The second-order valence-electron chi connectivity index (χ2n) is 4.53. The Morgan fingerprint density at radius 3 is 2.77 bits per heavy atom. The van der Waals surface area contributed by atoms with E-state index in [1.807, 2.05) is 47.8 Å².